The van der Waals surface area contributed by atoms with Gasteiger partial charge < -0.3 is 19.7 Å². The summed E-state index contributed by atoms with van der Waals surface area (Å²) in [4.78, 5) is 2.13. The minimum atomic E-state index is 0.0849. The number of anilines is 1. The lowest BCUT2D eigenvalue weighted by Gasteiger charge is -2.43. The van der Waals surface area contributed by atoms with Crippen LogP contribution in [0.3, 0.4) is 0 Å². The van der Waals surface area contributed by atoms with Crippen LogP contribution in [0.5, 0.6) is 5.75 Å². The summed E-state index contributed by atoms with van der Waals surface area (Å²) in [5.74, 6) is 1.52. The molecule has 30 heavy (non-hydrogen) atoms. The monoisotopic (exact) mass is 410 g/mol. The summed E-state index contributed by atoms with van der Waals surface area (Å²) in [6.07, 6.45) is 3.46. The van der Waals surface area contributed by atoms with E-state index in [1.807, 2.05) is 0 Å². The molecule has 2 aromatic rings. The molecule has 0 unspecified atom stereocenters. The van der Waals surface area contributed by atoms with E-state index in [0.717, 1.165) is 44.7 Å². The minimum absolute atomic E-state index is 0.0849. The van der Waals surface area contributed by atoms with Crippen LogP contribution in [0.4, 0.5) is 5.69 Å². The highest BCUT2D eigenvalue weighted by atomic mass is 16.5. The van der Waals surface area contributed by atoms with Gasteiger partial charge in [-0.05, 0) is 55.5 Å². The van der Waals surface area contributed by atoms with Gasteiger partial charge in [0.25, 0.3) is 0 Å². The van der Waals surface area contributed by atoms with Crippen molar-refractivity contribution in [1.82, 2.24) is 5.32 Å². The van der Waals surface area contributed by atoms with E-state index in [2.05, 4.69) is 86.7 Å². The normalized spacial score (nSPS) is 21.6. The highest BCUT2D eigenvalue weighted by molar-refractivity contribution is 5.46. The van der Waals surface area contributed by atoms with Gasteiger partial charge in [0.05, 0.1) is 13.2 Å². The quantitative estimate of drug-likeness (QED) is 0.589. The Morgan fingerprint density at radius 1 is 1.13 bits per heavy atom. The van der Waals surface area contributed by atoms with Crippen molar-refractivity contribution in [2.45, 2.75) is 51.2 Å². The number of nitrogens with one attached hydrogen (secondary N) is 1. The molecule has 4 heteroatoms. The first-order valence-corrected chi connectivity index (χ1v) is 11.2. The fourth-order valence-corrected chi connectivity index (χ4v) is 4.54. The molecule has 0 aromatic heterocycles. The van der Waals surface area contributed by atoms with Crippen molar-refractivity contribution in [1.29, 1.82) is 0 Å². The molecule has 1 saturated heterocycles. The van der Waals surface area contributed by atoms with Gasteiger partial charge in [0.15, 0.2) is 0 Å². The molecule has 1 aliphatic heterocycles. The second-order valence-corrected chi connectivity index (χ2v) is 9.08. The van der Waals surface area contributed by atoms with Crippen molar-refractivity contribution in [2.24, 2.45) is 5.92 Å². The Hall–Kier alpha value is -2.04. The lowest BCUT2D eigenvalue weighted by molar-refractivity contribution is -0.0473. The van der Waals surface area contributed by atoms with Gasteiger partial charge in [-0.1, -0.05) is 44.2 Å². The summed E-state index contributed by atoms with van der Waals surface area (Å²) in [5, 5.41) is 3.68. The predicted molar refractivity (Wildman–Crippen MR) is 126 cm³/mol. The molecule has 0 saturated carbocycles. The third-order valence-corrected chi connectivity index (χ3v) is 6.49. The van der Waals surface area contributed by atoms with Gasteiger partial charge in [0.2, 0.25) is 0 Å². The molecule has 1 heterocycles. The number of nitrogens with zero attached hydrogens (tertiary/aromatic N) is 1. The summed E-state index contributed by atoms with van der Waals surface area (Å²) in [6, 6.07) is 17.3. The molecule has 1 N–H and O–H groups in total. The van der Waals surface area contributed by atoms with E-state index >= 15 is 0 Å². The van der Waals surface area contributed by atoms with Crippen molar-refractivity contribution in [3.63, 3.8) is 0 Å². The van der Waals surface area contributed by atoms with Gasteiger partial charge in [0, 0.05) is 43.9 Å². The number of benzene rings is 2. The molecular formula is C26H38N2O2. The van der Waals surface area contributed by atoms with Crippen LogP contribution >= 0.6 is 0 Å². The minimum Gasteiger partial charge on any atom is -0.496 e. The van der Waals surface area contributed by atoms with Crippen LogP contribution in [-0.4, -0.2) is 40.5 Å². The molecule has 1 aliphatic rings. The van der Waals surface area contributed by atoms with Crippen LogP contribution in [0, 0.1) is 5.92 Å². The Morgan fingerprint density at radius 3 is 2.53 bits per heavy atom. The predicted octanol–water partition coefficient (Wildman–Crippen LogP) is 5.01. The summed E-state index contributed by atoms with van der Waals surface area (Å²) < 4.78 is 11.9. The van der Waals surface area contributed by atoms with Crippen molar-refractivity contribution in [2.75, 3.05) is 39.3 Å². The molecular weight excluding hydrogens is 372 g/mol. The molecule has 0 radical (unpaired) electrons. The largest absolute Gasteiger partial charge is 0.496 e. The van der Waals surface area contributed by atoms with Crippen LogP contribution < -0.4 is 15.0 Å². The van der Waals surface area contributed by atoms with Gasteiger partial charge in [-0.15, -0.1) is 0 Å². The lowest BCUT2D eigenvalue weighted by Crippen LogP contribution is -2.42. The Morgan fingerprint density at radius 2 is 1.87 bits per heavy atom. The van der Waals surface area contributed by atoms with E-state index in [0.29, 0.717) is 12.0 Å². The number of para-hydroxylation sites is 1. The maximum atomic E-state index is 6.13. The maximum Gasteiger partial charge on any atom is 0.122 e. The molecule has 2 atom stereocenters. The highest BCUT2D eigenvalue weighted by Crippen LogP contribution is 2.45. The van der Waals surface area contributed by atoms with Gasteiger partial charge in [-0.25, -0.2) is 0 Å². The summed E-state index contributed by atoms with van der Waals surface area (Å²) in [7, 11) is 5.92. The van der Waals surface area contributed by atoms with Gasteiger partial charge in [-0.2, -0.15) is 0 Å². The van der Waals surface area contributed by atoms with Crippen LogP contribution in [0.1, 0.15) is 44.2 Å². The fourth-order valence-electron chi connectivity index (χ4n) is 4.54. The van der Waals surface area contributed by atoms with Crippen molar-refractivity contribution >= 4 is 5.69 Å². The smallest absolute Gasteiger partial charge is 0.122 e. The zero-order valence-electron chi connectivity index (χ0n) is 19.3. The Balaban J connectivity index is 1.70. The average Bonchev–Trinajstić information content (AvgIpc) is 2.77. The van der Waals surface area contributed by atoms with E-state index in [4.69, 9.17) is 9.47 Å². The standard InChI is InChI=1S/C26H38N2O2/c1-20(2)25-18-26(15-17-30-25,23-8-6-7-9-24(23)29-5)14-16-27-19-21-10-12-22(13-11-21)28(3)4/h6-13,20,25,27H,14-19H2,1-5H3/t25-,26+/m0/s1. The molecule has 0 spiro atoms. The van der Waals surface area contributed by atoms with Crippen LogP contribution in [-0.2, 0) is 16.7 Å². The maximum absolute atomic E-state index is 6.13. The fraction of sp³-hybridized carbons (Fsp3) is 0.538. The third kappa shape index (κ3) is 5.35. The van der Waals surface area contributed by atoms with Crippen molar-refractivity contribution in [3.8, 4) is 5.75 Å². The molecule has 0 bridgehead atoms. The van der Waals surface area contributed by atoms with Gasteiger partial charge >= 0.3 is 0 Å². The van der Waals surface area contributed by atoms with E-state index in [1.54, 1.807) is 7.11 Å². The summed E-state index contributed by atoms with van der Waals surface area (Å²) in [5.41, 5.74) is 3.97. The molecule has 0 aliphatic carbocycles. The van der Waals surface area contributed by atoms with Crippen LogP contribution in [0.2, 0.25) is 0 Å². The highest BCUT2D eigenvalue weighted by Gasteiger charge is 2.40. The zero-order chi connectivity index (χ0) is 21.6. The number of hydrogen-bond donors (Lipinski definition) is 1. The topological polar surface area (TPSA) is 33.7 Å². The molecule has 3 rings (SSSR count). The number of hydrogen-bond acceptors (Lipinski definition) is 4. The van der Waals surface area contributed by atoms with Crippen molar-refractivity contribution < 1.29 is 9.47 Å². The van der Waals surface area contributed by atoms with Crippen molar-refractivity contribution in [3.05, 3.63) is 59.7 Å². The lowest BCUT2D eigenvalue weighted by atomic mass is 9.68. The number of methoxy groups -OCH3 is 1. The first-order chi connectivity index (χ1) is 14.4. The number of rotatable bonds is 9. The summed E-state index contributed by atoms with van der Waals surface area (Å²) >= 11 is 0. The van der Waals surface area contributed by atoms with E-state index in [9.17, 15) is 0 Å². The Bertz CT molecular complexity index is 788. The average molecular weight is 411 g/mol. The Labute approximate surface area is 182 Å². The number of ether oxygens (including phenoxy) is 2. The zero-order valence-corrected chi connectivity index (χ0v) is 19.3. The third-order valence-electron chi connectivity index (χ3n) is 6.49. The van der Waals surface area contributed by atoms with E-state index < -0.39 is 0 Å². The van der Waals surface area contributed by atoms with Gasteiger partial charge in [0.1, 0.15) is 5.75 Å². The first kappa shape index (κ1) is 22.6. The summed E-state index contributed by atoms with van der Waals surface area (Å²) in [6.45, 7) is 7.20. The Kier molecular flexibility index (Phi) is 7.79. The van der Waals surface area contributed by atoms with Crippen LogP contribution in [0.25, 0.3) is 0 Å². The molecule has 0 amide bonds. The second kappa shape index (κ2) is 10.3. The van der Waals surface area contributed by atoms with E-state index in [1.165, 1.54) is 16.8 Å². The molecule has 4 nitrogen and oxygen atoms in total. The molecule has 1 fully saturated rings. The second-order valence-electron chi connectivity index (χ2n) is 9.08. The molecule has 164 valence electrons. The van der Waals surface area contributed by atoms with Crippen LogP contribution in [0.15, 0.2) is 48.5 Å². The SMILES string of the molecule is COc1ccccc1[C@]1(CCNCc2ccc(N(C)C)cc2)CCO[C@H](C(C)C)C1. The molecule has 2 aromatic carbocycles. The van der Waals surface area contributed by atoms with Gasteiger partial charge in [-0.3, -0.25) is 0 Å². The van der Waals surface area contributed by atoms with E-state index in [-0.39, 0.29) is 5.41 Å². The first-order valence-electron chi connectivity index (χ1n) is 11.2.